The summed E-state index contributed by atoms with van der Waals surface area (Å²) in [6, 6.07) is 2.58. The first kappa shape index (κ1) is 14.8. The molecule has 0 radical (unpaired) electrons. The van der Waals surface area contributed by atoms with E-state index in [0.29, 0.717) is 12.0 Å². The number of aryl methyl sites for hydroxylation is 1. The molecule has 1 atom stereocenters. The van der Waals surface area contributed by atoms with Crippen molar-refractivity contribution in [3.05, 3.63) is 47.5 Å². The van der Waals surface area contributed by atoms with E-state index in [9.17, 15) is 13.9 Å². The second kappa shape index (κ2) is 7.27. The maximum atomic E-state index is 13.7. The molecular formula is C15H20F2O. The summed E-state index contributed by atoms with van der Waals surface area (Å²) >= 11 is 0. The maximum Gasteiger partial charge on any atom is 0.134 e. The van der Waals surface area contributed by atoms with Crippen LogP contribution in [0.25, 0.3) is 0 Å². The lowest BCUT2D eigenvalue weighted by Crippen LogP contribution is -2.05. The number of aliphatic hydroxyl groups is 1. The molecular weight excluding hydrogens is 234 g/mol. The van der Waals surface area contributed by atoms with Crippen molar-refractivity contribution in [2.45, 2.75) is 45.1 Å². The molecule has 3 heteroatoms. The highest BCUT2D eigenvalue weighted by Gasteiger charge is 2.18. The predicted molar refractivity (Wildman–Crippen MR) is 69.3 cm³/mol. The highest BCUT2D eigenvalue weighted by molar-refractivity contribution is 5.28. The number of halogens is 2. The van der Waals surface area contributed by atoms with Crippen molar-refractivity contribution in [3.8, 4) is 0 Å². The first-order valence-electron chi connectivity index (χ1n) is 6.31. The van der Waals surface area contributed by atoms with Gasteiger partial charge >= 0.3 is 0 Å². The number of hydrogen-bond donors (Lipinski definition) is 1. The third kappa shape index (κ3) is 3.91. The van der Waals surface area contributed by atoms with Crippen molar-refractivity contribution >= 4 is 0 Å². The highest BCUT2D eigenvalue weighted by Crippen LogP contribution is 2.27. The molecule has 0 saturated carbocycles. The minimum absolute atomic E-state index is 0.196. The van der Waals surface area contributed by atoms with Crippen LogP contribution in [-0.4, -0.2) is 5.11 Å². The normalized spacial score (nSPS) is 12.4. The summed E-state index contributed by atoms with van der Waals surface area (Å²) in [5.41, 5.74) is 0.163. The van der Waals surface area contributed by atoms with Gasteiger partial charge in [0.1, 0.15) is 11.6 Å². The molecule has 0 bridgehead atoms. The van der Waals surface area contributed by atoms with Gasteiger partial charge in [-0.05, 0) is 37.8 Å². The molecule has 0 fully saturated rings. The van der Waals surface area contributed by atoms with Crippen LogP contribution in [0.4, 0.5) is 8.78 Å². The van der Waals surface area contributed by atoms with Gasteiger partial charge in [-0.1, -0.05) is 25.0 Å². The van der Waals surface area contributed by atoms with Crippen LogP contribution < -0.4 is 0 Å². The number of allylic oxidation sites excluding steroid dienone is 1. The lowest BCUT2D eigenvalue weighted by Gasteiger charge is -2.14. The van der Waals surface area contributed by atoms with Crippen LogP contribution in [0, 0.1) is 18.6 Å². The Morgan fingerprint density at radius 3 is 2.67 bits per heavy atom. The van der Waals surface area contributed by atoms with E-state index in [1.807, 2.05) is 6.08 Å². The fourth-order valence-corrected chi connectivity index (χ4v) is 1.93. The number of hydrogen-bond acceptors (Lipinski definition) is 1. The third-order valence-corrected chi connectivity index (χ3v) is 3.04. The molecule has 1 aromatic carbocycles. The fourth-order valence-electron chi connectivity index (χ4n) is 1.93. The second-order valence-electron chi connectivity index (χ2n) is 4.53. The Bertz CT molecular complexity index is 402. The summed E-state index contributed by atoms with van der Waals surface area (Å²) in [6.07, 6.45) is 4.77. The molecule has 0 heterocycles. The number of benzene rings is 1. The van der Waals surface area contributed by atoms with Crippen molar-refractivity contribution in [1.82, 2.24) is 0 Å². The van der Waals surface area contributed by atoms with E-state index in [4.69, 9.17) is 0 Å². The maximum absolute atomic E-state index is 13.7. The van der Waals surface area contributed by atoms with E-state index < -0.39 is 17.7 Å². The van der Waals surface area contributed by atoms with Crippen LogP contribution in [0.3, 0.4) is 0 Å². The van der Waals surface area contributed by atoms with E-state index in [0.717, 1.165) is 25.7 Å². The molecule has 0 aliphatic carbocycles. The van der Waals surface area contributed by atoms with Crippen LogP contribution in [0.15, 0.2) is 24.8 Å². The van der Waals surface area contributed by atoms with Crippen LogP contribution >= 0.6 is 0 Å². The highest BCUT2D eigenvalue weighted by atomic mass is 19.1. The summed E-state index contributed by atoms with van der Waals surface area (Å²) in [7, 11) is 0. The lowest BCUT2D eigenvalue weighted by molar-refractivity contribution is 0.154. The largest absolute Gasteiger partial charge is 0.388 e. The van der Waals surface area contributed by atoms with E-state index in [1.54, 1.807) is 6.92 Å². The second-order valence-corrected chi connectivity index (χ2v) is 4.53. The number of aliphatic hydroxyl groups excluding tert-OH is 1. The van der Waals surface area contributed by atoms with Gasteiger partial charge in [-0.15, -0.1) is 6.58 Å². The molecule has 1 aromatic rings. The first-order valence-corrected chi connectivity index (χ1v) is 6.31. The van der Waals surface area contributed by atoms with E-state index in [2.05, 4.69) is 6.58 Å². The molecule has 0 saturated heterocycles. The lowest BCUT2D eigenvalue weighted by atomic mass is 9.99. The average Bonchev–Trinajstić information content (AvgIpc) is 2.34. The fraction of sp³-hybridized carbons (Fsp3) is 0.467. The molecule has 0 aliphatic rings. The molecule has 1 rings (SSSR count). The topological polar surface area (TPSA) is 20.2 Å². The van der Waals surface area contributed by atoms with Crippen LogP contribution in [0.1, 0.15) is 49.3 Å². The van der Waals surface area contributed by atoms with Gasteiger partial charge in [0.25, 0.3) is 0 Å². The Balaban J connectivity index is 2.58. The van der Waals surface area contributed by atoms with E-state index in [1.165, 1.54) is 12.1 Å². The summed E-state index contributed by atoms with van der Waals surface area (Å²) < 4.78 is 27.2. The molecule has 0 amide bonds. The number of rotatable bonds is 7. The van der Waals surface area contributed by atoms with E-state index in [-0.39, 0.29) is 5.56 Å². The van der Waals surface area contributed by atoms with Gasteiger partial charge < -0.3 is 5.11 Å². The number of unbranched alkanes of at least 4 members (excludes halogenated alkanes) is 3. The van der Waals surface area contributed by atoms with Crippen molar-refractivity contribution in [2.75, 3.05) is 0 Å². The zero-order valence-electron chi connectivity index (χ0n) is 10.8. The van der Waals surface area contributed by atoms with Crippen LogP contribution in [0.2, 0.25) is 0 Å². The van der Waals surface area contributed by atoms with Gasteiger partial charge in [-0.2, -0.15) is 0 Å². The van der Waals surface area contributed by atoms with Crippen molar-refractivity contribution < 1.29 is 13.9 Å². The summed E-state index contributed by atoms with van der Waals surface area (Å²) in [5, 5.41) is 9.86. The molecule has 18 heavy (non-hydrogen) atoms. The van der Waals surface area contributed by atoms with Crippen molar-refractivity contribution in [1.29, 1.82) is 0 Å². The monoisotopic (exact) mass is 254 g/mol. The minimum Gasteiger partial charge on any atom is -0.388 e. The molecule has 0 spiro atoms. The molecule has 1 unspecified atom stereocenters. The van der Waals surface area contributed by atoms with Gasteiger partial charge in [-0.3, -0.25) is 0 Å². The Labute approximate surface area is 107 Å². The van der Waals surface area contributed by atoms with E-state index >= 15 is 0 Å². The van der Waals surface area contributed by atoms with Crippen molar-refractivity contribution in [2.24, 2.45) is 0 Å². The van der Waals surface area contributed by atoms with Gasteiger partial charge in [0.2, 0.25) is 0 Å². The minimum atomic E-state index is -1.06. The molecule has 0 aliphatic heterocycles. The Morgan fingerprint density at radius 2 is 2.00 bits per heavy atom. The average molecular weight is 254 g/mol. The van der Waals surface area contributed by atoms with Gasteiger partial charge in [0.05, 0.1) is 11.7 Å². The SMILES string of the molecule is C=CCCCCCC(O)c1c(F)ccc(C)c1F. The standard InChI is InChI=1S/C15H20F2O/c1-3-4-5-6-7-8-13(18)14-12(16)10-9-11(2)15(14)17/h3,9-10,13,18H,1,4-8H2,2H3. The molecule has 1 N–H and O–H groups in total. The summed E-state index contributed by atoms with van der Waals surface area (Å²) in [4.78, 5) is 0. The van der Waals surface area contributed by atoms with Gasteiger partial charge in [0, 0.05) is 0 Å². The first-order chi connectivity index (χ1) is 8.57. The van der Waals surface area contributed by atoms with Crippen LogP contribution in [0.5, 0.6) is 0 Å². The zero-order chi connectivity index (χ0) is 13.5. The molecule has 100 valence electrons. The van der Waals surface area contributed by atoms with Gasteiger partial charge in [0.15, 0.2) is 0 Å². The Kier molecular flexibility index (Phi) is 5.99. The Hall–Kier alpha value is -1.22. The predicted octanol–water partition coefficient (Wildman–Crippen LogP) is 4.44. The van der Waals surface area contributed by atoms with Crippen LogP contribution in [-0.2, 0) is 0 Å². The van der Waals surface area contributed by atoms with Gasteiger partial charge in [-0.25, -0.2) is 8.78 Å². The quantitative estimate of drug-likeness (QED) is 0.563. The smallest absolute Gasteiger partial charge is 0.134 e. The van der Waals surface area contributed by atoms with Crippen molar-refractivity contribution in [3.63, 3.8) is 0 Å². The summed E-state index contributed by atoms with van der Waals surface area (Å²) in [5.74, 6) is -1.30. The third-order valence-electron chi connectivity index (χ3n) is 3.04. The molecule has 1 nitrogen and oxygen atoms in total. The Morgan fingerprint density at radius 1 is 1.28 bits per heavy atom. The summed E-state index contributed by atoms with van der Waals surface area (Å²) in [6.45, 7) is 5.19. The zero-order valence-corrected chi connectivity index (χ0v) is 10.8. The molecule has 0 aromatic heterocycles.